The molecule has 0 radical (unpaired) electrons. The van der Waals surface area contributed by atoms with E-state index < -0.39 is 29.9 Å². The van der Waals surface area contributed by atoms with Crippen LogP contribution < -0.4 is 0 Å². The molecule has 0 aromatic rings. The van der Waals surface area contributed by atoms with Crippen molar-refractivity contribution in [1.29, 1.82) is 0 Å². The van der Waals surface area contributed by atoms with Gasteiger partial charge in [0.05, 0.1) is 10.1 Å². The van der Waals surface area contributed by atoms with E-state index >= 15 is 0 Å². The molecule has 0 aliphatic carbocycles. The Morgan fingerprint density at radius 3 is 1.11 bits per heavy atom. The summed E-state index contributed by atoms with van der Waals surface area (Å²) in [4.78, 5) is 0. The van der Waals surface area contributed by atoms with Crippen LogP contribution in [0.4, 0.5) is 0 Å². The number of hydrogen-bond donors (Lipinski definition) is 0. The van der Waals surface area contributed by atoms with Gasteiger partial charge in [-0.15, -0.1) is 0 Å². The van der Waals surface area contributed by atoms with Crippen LogP contribution in [0.15, 0.2) is 0 Å². The topological polar surface area (TPSA) is 57.2 Å². The minimum absolute atomic E-state index is 0.604. The van der Waals surface area contributed by atoms with Crippen LogP contribution in [0.25, 0.3) is 0 Å². The third-order valence-corrected chi connectivity index (χ3v) is 14.0. The average molecular weight is 385 g/mol. The van der Waals surface area contributed by atoms with Gasteiger partial charge in [-0.25, -0.2) is 8.42 Å². The second kappa shape index (κ2) is 10.5. The molecular formula is C13H30O3SSn. The van der Waals surface area contributed by atoms with Crippen molar-refractivity contribution < 1.29 is 13.0 Å². The molecule has 5 heteroatoms. The molecule has 0 fully saturated rings. The molecule has 0 saturated heterocycles. The quantitative estimate of drug-likeness (QED) is 0.519. The largest absolute Gasteiger partial charge is 0.748 e. The van der Waals surface area contributed by atoms with E-state index in [1.165, 1.54) is 0 Å². The summed E-state index contributed by atoms with van der Waals surface area (Å²) in [6.45, 7) is 14.3. The number of rotatable bonds is 6. The minimum Gasteiger partial charge on any atom is -0.748 e. The third kappa shape index (κ3) is 25.5. The summed E-state index contributed by atoms with van der Waals surface area (Å²) in [7, 11) is -3.92. The van der Waals surface area contributed by atoms with E-state index in [-0.39, 0.29) is 0 Å². The monoisotopic (exact) mass is 386 g/mol. The molecule has 0 rings (SSSR count). The number of hydrogen-bond acceptors (Lipinski definition) is 3. The third-order valence-electron chi connectivity index (χ3n) is 2.09. The summed E-state index contributed by atoms with van der Waals surface area (Å²) in [6, 6.07) is 0. The van der Waals surface area contributed by atoms with Crippen LogP contribution in [0.1, 0.15) is 41.5 Å². The van der Waals surface area contributed by atoms with Crippen molar-refractivity contribution in [2.45, 2.75) is 54.9 Å². The molecule has 0 aliphatic rings. The molecule has 110 valence electrons. The first-order chi connectivity index (χ1) is 7.91. The van der Waals surface area contributed by atoms with Gasteiger partial charge in [0.25, 0.3) is 0 Å². The zero-order valence-electron chi connectivity index (χ0n) is 13.0. The summed E-state index contributed by atoms with van der Waals surface area (Å²) in [5, 5.41) is 0. The fourth-order valence-corrected chi connectivity index (χ4v) is 13.3. The molecule has 0 aromatic heterocycles. The Hall–Kier alpha value is 0.709. The predicted molar refractivity (Wildman–Crippen MR) is 80.3 cm³/mol. The second-order valence-electron chi connectivity index (χ2n) is 6.25. The van der Waals surface area contributed by atoms with Crippen LogP contribution in [0.3, 0.4) is 0 Å². The Labute approximate surface area is 121 Å². The van der Waals surface area contributed by atoms with Gasteiger partial charge in [-0.3, -0.25) is 0 Å². The summed E-state index contributed by atoms with van der Waals surface area (Å²) < 4.78 is 32.1. The van der Waals surface area contributed by atoms with E-state index in [4.69, 9.17) is 13.0 Å². The summed E-state index contributed by atoms with van der Waals surface area (Å²) >= 11 is -0.976. The first-order valence-electron chi connectivity index (χ1n) is 6.66. The average Bonchev–Trinajstić information content (AvgIpc) is 1.94. The maximum absolute atomic E-state index is 9.08. The molecular weight excluding hydrogens is 355 g/mol. The van der Waals surface area contributed by atoms with Crippen LogP contribution in [0, 0.1) is 17.8 Å². The van der Waals surface area contributed by atoms with E-state index in [9.17, 15) is 0 Å². The maximum Gasteiger partial charge on any atom is 0.0916 e. The Bertz CT molecular complexity index is 253. The Morgan fingerprint density at radius 1 is 0.833 bits per heavy atom. The maximum atomic E-state index is 9.08. The van der Waals surface area contributed by atoms with E-state index in [0.717, 1.165) is 17.8 Å². The van der Waals surface area contributed by atoms with Gasteiger partial charge in [0, 0.05) is 6.26 Å². The Kier molecular flexibility index (Phi) is 12.2. The van der Waals surface area contributed by atoms with Crippen molar-refractivity contribution in [2.24, 2.45) is 17.8 Å². The first-order valence-corrected chi connectivity index (χ1v) is 14.5. The van der Waals surface area contributed by atoms with Gasteiger partial charge in [0.1, 0.15) is 0 Å². The summed E-state index contributed by atoms with van der Waals surface area (Å²) in [5.74, 6) is 2.85. The van der Waals surface area contributed by atoms with E-state index in [1.54, 1.807) is 13.3 Å². The second-order valence-corrected chi connectivity index (χ2v) is 15.4. The fraction of sp³-hybridized carbons (Fsp3) is 1.00. The minimum atomic E-state index is -3.92. The van der Waals surface area contributed by atoms with Crippen LogP contribution in [0.5, 0.6) is 0 Å². The van der Waals surface area contributed by atoms with Gasteiger partial charge in [-0.1, -0.05) is 0 Å². The van der Waals surface area contributed by atoms with Crippen molar-refractivity contribution in [3.63, 3.8) is 0 Å². The van der Waals surface area contributed by atoms with Crippen molar-refractivity contribution in [1.82, 2.24) is 0 Å². The standard InChI is InChI=1S/3C4H9.CH4O3S.Sn/c3*1-4(2)3;1-5(2,3)4;/h3*4H,1H2,2-3H3;1H3,(H,2,3,4);/q;;;;+1/p-1. The van der Waals surface area contributed by atoms with Gasteiger partial charge < -0.3 is 4.55 Å². The molecule has 0 heterocycles. The zero-order valence-corrected chi connectivity index (χ0v) is 16.7. The van der Waals surface area contributed by atoms with Crippen LogP contribution >= 0.6 is 0 Å². The zero-order chi connectivity index (χ0) is 14.9. The molecule has 0 aliphatic heterocycles. The Morgan fingerprint density at radius 2 is 1.00 bits per heavy atom. The molecule has 0 N–H and O–H groups in total. The molecule has 0 unspecified atom stereocenters. The van der Waals surface area contributed by atoms with Gasteiger partial charge in [-0.05, 0) is 0 Å². The Balaban J connectivity index is 0. The summed E-state index contributed by atoms with van der Waals surface area (Å²) in [5.41, 5.74) is 0. The molecule has 0 atom stereocenters. The molecule has 0 aromatic carbocycles. The van der Waals surface area contributed by atoms with Crippen LogP contribution in [-0.4, -0.2) is 39.0 Å². The van der Waals surface area contributed by atoms with Crippen molar-refractivity contribution in [3.8, 4) is 0 Å². The van der Waals surface area contributed by atoms with Gasteiger partial charge >= 0.3 is 92.4 Å². The molecule has 0 bridgehead atoms. The molecule has 0 spiro atoms. The molecule has 18 heavy (non-hydrogen) atoms. The smallest absolute Gasteiger partial charge is 0.0916 e. The fourth-order valence-electron chi connectivity index (χ4n) is 1.98. The van der Waals surface area contributed by atoms with E-state index in [0.29, 0.717) is 6.26 Å². The first kappa shape index (κ1) is 21.0. The van der Waals surface area contributed by atoms with Gasteiger partial charge in [-0.2, -0.15) is 0 Å². The predicted octanol–water partition coefficient (Wildman–Crippen LogP) is 3.61. The normalized spacial score (nSPS) is 11.7. The van der Waals surface area contributed by atoms with Crippen molar-refractivity contribution in [2.75, 3.05) is 6.26 Å². The molecule has 0 saturated carbocycles. The van der Waals surface area contributed by atoms with Crippen molar-refractivity contribution in [3.05, 3.63) is 0 Å². The van der Waals surface area contributed by atoms with Gasteiger partial charge in [0.15, 0.2) is 0 Å². The molecule has 0 amide bonds. The molecule has 3 nitrogen and oxygen atoms in total. The SMILES string of the molecule is CC(C)[CH2][Sn+]([CH2]C(C)C)[CH2]C(C)C.CS(=O)(=O)[O-]. The van der Waals surface area contributed by atoms with Crippen LogP contribution in [-0.2, 0) is 10.1 Å². The van der Waals surface area contributed by atoms with E-state index in [1.807, 2.05) is 0 Å². The van der Waals surface area contributed by atoms with Gasteiger partial charge in [0.2, 0.25) is 0 Å². The van der Waals surface area contributed by atoms with E-state index in [2.05, 4.69) is 41.5 Å². The summed E-state index contributed by atoms with van der Waals surface area (Å²) in [6.07, 6.45) is 0.604. The van der Waals surface area contributed by atoms with Crippen molar-refractivity contribution >= 4 is 29.9 Å². The van der Waals surface area contributed by atoms with Crippen LogP contribution in [0.2, 0.25) is 13.3 Å².